The van der Waals surface area contributed by atoms with Gasteiger partial charge in [-0.05, 0) is 83.1 Å². The Morgan fingerprint density at radius 3 is 2.06 bits per heavy atom. The van der Waals surface area contributed by atoms with Crippen LogP contribution in [0.3, 0.4) is 0 Å². The molecule has 0 heterocycles. The zero-order chi connectivity index (χ0) is 26.8. The highest BCUT2D eigenvalue weighted by Gasteiger charge is 2.48. The molecule has 2 aromatic carbocycles. The number of benzene rings is 2. The Morgan fingerprint density at radius 2 is 1.53 bits per heavy atom. The van der Waals surface area contributed by atoms with E-state index in [1.54, 1.807) is 32.6 Å². The van der Waals surface area contributed by atoms with E-state index in [1.807, 2.05) is 63.2 Å². The quantitative estimate of drug-likeness (QED) is 0.537. The van der Waals surface area contributed by atoms with Crippen molar-refractivity contribution in [2.45, 2.75) is 85.5 Å². The number of nitrogens with one attached hydrogen (secondary N) is 2. The third kappa shape index (κ3) is 6.45. The van der Waals surface area contributed by atoms with E-state index in [-0.39, 0.29) is 23.8 Å². The van der Waals surface area contributed by atoms with Crippen molar-refractivity contribution in [3.05, 3.63) is 64.7 Å². The van der Waals surface area contributed by atoms with Gasteiger partial charge in [0.2, 0.25) is 5.91 Å². The van der Waals surface area contributed by atoms with E-state index in [4.69, 9.17) is 4.74 Å². The number of nitrogens with zero attached hydrogens (tertiary/aromatic N) is 1. The predicted octanol–water partition coefficient (Wildman–Crippen LogP) is 5.44. The first kappa shape index (κ1) is 27.2. The van der Waals surface area contributed by atoms with Crippen LogP contribution in [-0.4, -0.2) is 40.5 Å². The Morgan fingerprint density at radius 1 is 0.972 bits per heavy atom. The Bertz CT molecular complexity index is 1120. The summed E-state index contributed by atoms with van der Waals surface area (Å²) in [4.78, 5) is 41.9. The summed E-state index contributed by atoms with van der Waals surface area (Å²) in [6, 6.07) is 11.6. The van der Waals surface area contributed by atoms with Gasteiger partial charge in [0.05, 0.1) is 0 Å². The second-order valence-corrected chi connectivity index (χ2v) is 10.9. The maximum absolute atomic E-state index is 14.0. The number of alkyl carbamates (subject to hydrolysis) is 1. The van der Waals surface area contributed by atoms with Crippen molar-refractivity contribution in [1.29, 1.82) is 0 Å². The normalized spacial score (nSPS) is 18.6. The molecule has 0 radical (unpaired) electrons. The summed E-state index contributed by atoms with van der Waals surface area (Å²) in [7, 11) is 0. The molecule has 1 aliphatic rings. The number of anilines is 1. The van der Waals surface area contributed by atoms with E-state index in [0.717, 1.165) is 34.4 Å². The molecule has 0 saturated heterocycles. The highest BCUT2D eigenvalue weighted by molar-refractivity contribution is 6.00. The first-order valence-corrected chi connectivity index (χ1v) is 12.5. The van der Waals surface area contributed by atoms with Crippen molar-refractivity contribution in [3.8, 4) is 0 Å². The number of carbonyl (C=O) groups excluding carboxylic acids is 3. The smallest absolute Gasteiger partial charge is 0.408 e. The van der Waals surface area contributed by atoms with Crippen LogP contribution in [0.15, 0.2) is 42.5 Å². The Balaban J connectivity index is 1.99. The molecule has 3 amide bonds. The van der Waals surface area contributed by atoms with Gasteiger partial charge >= 0.3 is 6.09 Å². The molecule has 0 aromatic heterocycles. The van der Waals surface area contributed by atoms with Crippen LogP contribution in [0, 0.1) is 26.7 Å². The first-order chi connectivity index (χ1) is 16.8. The summed E-state index contributed by atoms with van der Waals surface area (Å²) in [5.74, 6) is -0.346. The maximum atomic E-state index is 14.0. The standard InChI is InChI=1S/C29H39N3O4/c1-17-12-9-10-15-22(17)25(26(33)31-24-18(2)13-11-14-19(24)3)32(23-16-20(23)4)27(34)21(5)30-28(35)36-29(6,7)8/h9-15,20-21,23,25H,16H2,1-8H3,(H,30,35)(H,31,33). The van der Waals surface area contributed by atoms with Gasteiger partial charge < -0.3 is 20.3 Å². The molecule has 4 unspecified atom stereocenters. The molecule has 0 spiro atoms. The fraction of sp³-hybridized carbons (Fsp3) is 0.483. The molecule has 0 bridgehead atoms. The Labute approximate surface area is 214 Å². The molecule has 2 aromatic rings. The lowest BCUT2D eigenvalue weighted by Gasteiger charge is -2.35. The van der Waals surface area contributed by atoms with Crippen LogP contribution in [0.2, 0.25) is 0 Å². The molecular formula is C29H39N3O4. The van der Waals surface area contributed by atoms with Crippen molar-refractivity contribution in [2.75, 3.05) is 5.32 Å². The number of rotatable bonds is 7. The zero-order valence-corrected chi connectivity index (χ0v) is 22.6. The van der Waals surface area contributed by atoms with Gasteiger partial charge in [0.25, 0.3) is 5.91 Å². The third-order valence-corrected chi connectivity index (χ3v) is 6.52. The summed E-state index contributed by atoms with van der Waals surface area (Å²) in [5.41, 5.74) is 3.63. The average Bonchev–Trinajstić information content (AvgIpc) is 3.49. The lowest BCUT2D eigenvalue weighted by molar-refractivity contribution is -0.141. The lowest BCUT2D eigenvalue weighted by Crippen LogP contribution is -2.52. The average molecular weight is 494 g/mol. The van der Waals surface area contributed by atoms with Crippen LogP contribution in [0.5, 0.6) is 0 Å². The van der Waals surface area contributed by atoms with Crippen molar-refractivity contribution in [1.82, 2.24) is 10.2 Å². The number of aryl methyl sites for hydroxylation is 3. The molecule has 7 heteroatoms. The van der Waals surface area contributed by atoms with Gasteiger partial charge in [0.1, 0.15) is 17.7 Å². The molecule has 3 rings (SSSR count). The lowest BCUT2D eigenvalue weighted by atomic mass is 9.97. The summed E-state index contributed by atoms with van der Waals surface area (Å²) in [5, 5.41) is 5.76. The van der Waals surface area contributed by atoms with Gasteiger partial charge in [-0.1, -0.05) is 49.4 Å². The minimum absolute atomic E-state index is 0.103. The number of amides is 3. The largest absolute Gasteiger partial charge is 0.444 e. The second kappa shape index (κ2) is 10.7. The van der Waals surface area contributed by atoms with E-state index in [1.165, 1.54) is 0 Å². The predicted molar refractivity (Wildman–Crippen MR) is 142 cm³/mol. The van der Waals surface area contributed by atoms with Crippen LogP contribution in [-0.2, 0) is 14.3 Å². The summed E-state index contributed by atoms with van der Waals surface area (Å²) < 4.78 is 5.35. The fourth-order valence-electron chi connectivity index (χ4n) is 4.46. The number of carbonyl (C=O) groups is 3. The van der Waals surface area contributed by atoms with E-state index < -0.39 is 23.8 Å². The van der Waals surface area contributed by atoms with Crippen LogP contribution in [0.4, 0.5) is 10.5 Å². The number of para-hydroxylation sites is 1. The summed E-state index contributed by atoms with van der Waals surface area (Å²) in [6.07, 6.45) is 0.129. The molecule has 1 saturated carbocycles. The van der Waals surface area contributed by atoms with Crippen molar-refractivity contribution >= 4 is 23.6 Å². The molecule has 4 atom stereocenters. The molecule has 0 aliphatic heterocycles. The van der Waals surface area contributed by atoms with Crippen molar-refractivity contribution < 1.29 is 19.1 Å². The molecule has 1 aliphatic carbocycles. The zero-order valence-electron chi connectivity index (χ0n) is 22.6. The minimum Gasteiger partial charge on any atom is -0.444 e. The highest BCUT2D eigenvalue weighted by Crippen LogP contribution is 2.41. The van der Waals surface area contributed by atoms with E-state index in [9.17, 15) is 14.4 Å². The number of ether oxygens (including phenoxy) is 1. The van der Waals surface area contributed by atoms with Crippen LogP contribution < -0.4 is 10.6 Å². The summed E-state index contributed by atoms with van der Waals surface area (Å²) >= 11 is 0. The topological polar surface area (TPSA) is 87.7 Å². The first-order valence-electron chi connectivity index (χ1n) is 12.5. The Hall–Kier alpha value is -3.35. The number of hydrogen-bond donors (Lipinski definition) is 2. The van der Waals surface area contributed by atoms with E-state index in [2.05, 4.69) is 17.6 Å². The molecule has 194 valence electrons. The van der Waals surface area contributed by atoms with E-state index >= 15 is 0 Å². The maximum Gasteiger partial charge on any atom is 0.408 e. The minimum atomic E-state index is -0.868. The monoisotopic (exact) mass is 493 g/mol. The van der Waals surface area contributed by atoms with Crippen LogP contribution in [0.1, 0.15) is 69.3 Å². The van der Waals surface area contributed by atoms with Gasteiger partial charge in [-0.15, -0.1) is 0 Å². The molecule has 7 nitrogen and oxygen atoms in total. The molecule has 2 N–H and O–H groups in total. The van der Waals surface area contributed by atoms with Gasteiger partial charge in [0, 0.05) is 11.7 Å². The fourth-order valence-corrected chi connectivity index (χ4v) is 4.46. The molecule has 1 fully saturated rings. The number of hydrogen-bond acceptors (Lipinski definition) is 4. The summed E-state index contributed by atoms with van der Waals surface area (Å²) in [6.45, 7) is 14.8. The molecule has 36 heavy (non-hydrogen) atoms. The van der Waals surface area contributed by atoms with Gasteiger partial charge in [-0.25, -0.2) is 4.79 Å². The highest BCUT2D eigenvalue weighted by atomic mass is 16.6. The van der Waals surface area contributed by atoms with Crippen molar-refractivity contribution in [3.63, 3.8) is 0 Å². The SMILES string of the molecule is Cc1ccccc1C(C(=O)Nc1c(C)cccc1C)N(C(=O)C(C)NC(=O)OC(C)(C)C)C1CC1C. The van der Waals surface area contributed by atoms with Gasteiger partial charge in [0.15, 0.2) is 0 Å². The third-order valence-electron chi connectivity index (χ3n) is 6.52. The van der Waals surface area contributed by atoms with Crippen LogP contribution >= 0.6 is 0 Å². The second-order valence-electron chi connectivity index (χ2n) is 10.9. The van der Waals surface area contributed by atoms with Gasteiger partial charge in [-0.2, -0.15) is 0 Å². The Kier molecular flexibility index (Phi) is 8.12. The van der Waals surface area contributed by atoms with Gasteiger partial charge in [-0.3, -0.25) is 9.59 Å². The molecular weight excluding hydrogens is 454 g/mol. The van der Waals surface area contributed by atoms with E-state index in [0.29, 0.717) is 0 Å². The van der Waals surface area contributed by atoms with Crippen molar-refractivity contribution in [2.24, 2.45) is 5.92 Å². The van der Waals surface area contributed by atoms with Crippen LogP contribution in [0.25, 0.3) is 0 Å².